The van der Waals surface area contributed by atoms with E-state index in [1.165, 1.54) is 0 Å². The van der Waals surface area contributed by atoms with Gasteiger partial charge in [-0.3, -0.25) is 10.1 Å². The number of rotatable bonds is 8. The molecular formula is C15H24N2O3. The third-order valence-corrected chi connectivity index (χ3v) is 3.26. The van der Waals surface area contributed by atoms with Crippen LogP contribution in [-0.4, -0.2) is 43.9 Å². The van der Waals surface area contributed by atoms with E-state index in [9.17, 15) is 9.90 Å². The molecule has 0 saturated heterocycles. The van der Waals surface area contributed by atoms with E-state index in [1.54, 1.807) is 14.0 Å². The van der Waals surface area contributed by atoms with Crippen molar-refractivity contribution in [3.63, 3.8) is 0 Å². The number of amides is 1. The summed E-state index contributed by atoms with van der Waals surface area (Å²) in [6, 6.07) is 9.19. The summed E-state index contributed by atoms with van der Waals surface area (Å²) in [5, 5.41) is 15.6. The van der Waals surface area contributed by atoms with Crippen molar-refractivity contribution < 1.29 is 14.6 Å². The molecule has 1 amide bonds. The van der Waals surface area contributed by atoms with Gasteiger partial charge in [0.25, 0.3) is 0 Å². The highest BCUT2D eigenvalue weighted by atomic mass is 16.5. The van der Waals surface area contributed by atoms with E-state index in [1.807, 2.05) is 37.3 Å². The number of ether oxygens (including phenoxy) is 1. The number of nitrogens with one attached hydrogen (secondary N) is 2. The highest BCUT2D eigenvalue weighted by Gasteiger charge is 2.29. The van der Waals surface area contributed by atoms with Crippen LogP contribution >= 0.6 is 0 Å². The van der Waals surface area contributed by atoms with Gasteiger partial charge in [0, 0.05) is 13.7 Å². The molecule has 0 aromatic heterocycles. The number of carbonyl (C=O) groups excluding carboxylic acids is 1. The molecule has 5 nitrogen and oxygen atoms in total. The molecular weight excluding hydrogens is 256 g/mol. The molecule has 0 spiro atoms. The second kappa shape index (κ2) is 7.99. The topological polar surface area (TPSA) is 70.6 Å². The van der Waals surface area contributed by atoms with Gasteiger partial charge in [-0.2, -0.15) is 0 Å². The number of hydrogen-bond acceptors (Lipinski definition) is 4. The summed E-state index contributed by atoms with van der Waals surface area (Å²) in [4.78, 5) is 11.9. The summed E-state index contributed by atoms with van der Waals surface area (Å²) in [5.41, 5.74) is 0.290. The highest BCUT2D eigenvalue weighted by Crippen LogP contribution is 2.20. The SMILES string of the molecule is COCCNC(=O)C(C)NC(C)(CO)c1ccccc1. The van der Waals surface area contributed by atoms with Gasteiger partial charge < -0.3 is 15.2 Å². The van der Waals surface area contributed by atoms with E-state index in [-0.39, 0.29) is 12.5 Å². The Bertz CT molecular complexity index is 411. The average molecular weight is 280 g/mol. The van der Waals surface area contributed by atoms with Crippen LogP contribution in [0.3, 0.4) is 0 Å². The first kappa shape index (κ1) is 16.6. The van der Waals surface area contributed by atoms with Crippen LogP contribution in [0.4, 0.5) is 0 Å². The molecule has 2 atom stereocenters. The number of aliphatic hydroxyl groups excluding tert-OH is 1. The predicted octanol–water partition coefficient (Wildman–Crippen LogP) is 0.635. The van der Waals surface area contributed by atoms with Crippen LogP contribution in [0.1, 0.15) is 19.4 Å². The molecule has 1 aromatic rings. The van der Waals surface area contributed by atoms with E-state index in [4.69, 9.17) is 4.74 Å². The van der Waals surface area contributed by atoms with Crippen LogP contribution in [0.25, 0.3) is 0 Å². The standard InChI is InChI=1S/C15H24N2O3/c1-12(14(19)16-9-10-20-3)17-15(2,11-18)13-7-5-4-6-8-13/h4-8,12,17-18H,9-11H2,1-3H3,(H,16,19). The minimum atomic E-state index is -0.653. The summed E-state index contributed by atoms with van der Waals surface area (Å²) in [5.74, 6) is -0.113. The van der Waals surface area contributed by atoms with Gasteiger partial charge in [-0.05, 0) is 19.4 Å². The maximum atomic E-state index is 11.9. The minimum Gasteiger partial charge on any atom is -0.394 e. The number of carbonyl (C=O) groups is 1. The Labute approximate surface area is 120 Å². The summed E-state index contributed by atoms with van der Waals surface area (Å²) in [6.07, 6.45) is 0. The number of aliphatic hydroxyl groups is 1. The van der Waals surface area contributed by atoms with Crippen molar-refractivity contribution in [2.75, 3.05) is 26.9 Å². The van der Waals surface area contributed by atoms with Crippen molar-refractivity contribution in [3.05, 3.63) is 35.9 Å². The first-order chi connectivity index (χ1) is 9.53. The molecule has 0 fully saturated rings. The zero-order valence-corrected chi connectivity index (χ0v) is 12.3. The second-order valence-electron chi connectivity index (χ2n) is 5.01. The molecule has 0 aliphatic carbocycles. The summed E-state index contributed by atoms with van der Waals surface area (Å²) >= 11 is 0. The molecule has 0 aliphatic rings. The maximum absolute atomic E-state index is 11.9. The monoisotopic (exact) mass is 280 g/mol. The van der Waals surface area contributed by atoms with Crippen molar-refractivity contribution in [1.82, 2.24) is 10.6 Å². The Kier molecular flexibility index (Phi) is 6.64. The fourth-order valence-electron chi connectivity index (χ4n) is 2.00. The molecule has 1 aromatic carbocycles. The molecule has 20 heavy (non-hydrogen) atoms. The quantitative estimate of drug-likeness (QED) is 0.611. The van der Waals surface area contributed by atoms with Crippen LogP contribution in [0, 0.1) is 0 Å². The molecule has 2 unspecified atom stereocenters. The maximum Gasteiger partial charge on any atom is 0.236 e. The molecule has 0 heterocycles. The molecule has 0 aliphatic heterocycles. The Balaban J connectivity index is 2.65. The van der Waals surface area contributed by atoms with Crippen molar-refractivity contribution in [2.45, 2.75) is 25.4 Å². The molecule has 0 saturated carbocycles. The van der Waals surface area contributed by atoms with E-state index in [0.717, 1.165) is 5.56 Å². The lowest BCUT2D eigenvalue weighted by Crippen LogP contribution is -2.53. The number of methoxy groups -OCH3 is 1. The van der Waals surface area contributed by atoms with Crippen LogP contribution in [0.5, 0.6) is 0 Å². The summed E-state index contributed by atoms with van der Waals surface area (Å²) in [6.45, 7) is 4.52. The highest BCUT2D eigenvalue weighted by molar-refractivity contribution is 5.81. The number of hydrogen-bond donors (Lipinski definition) is 3. The van der Waals surface area contributed by atoms with E-state index in [2.05, 4.69) is 10.6 Å². The Morgan fingerprint density at radius 3 is 2.60 bits per heavy atom. The third-order valence-electron chi connectivity index (χ3n) is 3.26. The van der Waals surface area contributed by atoms with Gasteiger partial charge in [0.2, 0.25) is 5.91 Å². The first-order valence-corrected chi connectivity index (χ1v) is 6.74. The van der Waals surface area contributed by atoms with E-state index in [0.29, 0.717) is 13.2 Å². The molecule has 0 bridgehead atoms. The first-order valence-electron chi connectivity index (χ1n) is 6.74. The number of benzene rings is 1. The van der Waals surface area contributed by atoms with Crippen molar-refractivity contribution in [2.24, 2.45) is 0 Å². The lowest BCUT2D eigenvalue weighted by molar-refractivity contribution is -0.123. The lowest BCUT2D eigenvalue weighted by atomic mass is 9.92. The van der Waals surface area contributed by atoms with Crippen LogP contribution in [-0.2, 0) is 15.1 Å². The fourth-order valence-corrected chi connectivity index (χ4v) is 2.00. The second-order valence-corrected chi connectivity index (χ2v) is 5.01. The molecule has 1 rings (SSSR count). The van der Waals surface area contributed by atoms with Crippen LogP contribution in [0.2, 0.25) is 0 Å². The zero-order valence-electron chi connectivity index (χ0n) is 12.3. The zero-order chi connectivity index (χ0) is 15.0. The van der Waals surface area contributed by atoms with Crippen molar-refractivity contribution >= 4 is 5.91 Å². The summed E-state index contributed by atoms with van der Waals surface area (Å²) < 4.78 is 4.89. The Morgan fingerprint density at radius 2 is 2.05 bits per heavy atom. The van der Waals surface area contributed by atoms with Crippen molar-refractivity contribution in [3.8, 4) is 0 Å². The van der Waals surface area contributed by atoms with Crippen molar-refractivity contribution in [1.29, 1.82) is 0 Å². The van der Waals surface area contributed by atoms with Gasteiger partial charge in [-0.25, -0.2) is 0 Å². The van der Waals surface area contributed by atoms with Gasteiger partial charge in [-0.1, -0.05) is 30.3 Å². The lowest BCUT2D eigenvalue weighted by Gasteiger charge is -2.32. The largest absolute Gasteiger partial charge is 0.394 e. The van der Waals surface area contributed by atoms with Crippen LogP contribution < -0.4 is 10.6 Å². The van der Waals surface area contributed by atoms with Crippen LogP contribution in [0.15, 0.2) is 30.3 Å². The van der Waals surface area contributed by atoms with Gasteiger partial charge in [0.05, 0.1) is 24.8 Å². The summed E-state index contributed by atoms with van der Waals surface area (Å²) in [7, 11) is 1.59. The smallest absolute Gasteiger partial charge is 0.236 e. The fraction of sp³-hybridized carbons (Fsp3) is 0.533. The third kappa shape index (κ3) is 4.59. The molecule has 0 radical (unpaired) electrons. The predicted molar refractivity (Wildman–Crippen MR) is 78.4 cm³/mol. The normalized spacial score (nSPS) is 15.4. The molecule has 3 N–H and O–H groups in total. The van der Waals surface area contributed by atoms with Gasteiger partial charge in [-0.15, -0.1) is 0 Å². The molecule has 112 valence electrons. The average Bonchev–Trinajstić information content (AvgIpc) is 2.48. The van der Waals surface area contributed by atoms with Gasteiger partial charge >= 0.3 is 0 Å². The Morgan fingerprint density at radius 1 is 1.40 bits per heavy atom. The van der Waals surface area contributed by atoms with Gasteiger partial charge in [0.1, 0.15) is 0 Å². The van der Waals surface area contributed by atoms with Gasteiger partial charge in [0.15, 0.2) is 0 Å². The van der Waals surface area contributed by atoms with E-state index >= 15 is 0 Å². The Hall–Kier alpha value is -1.43. The minimum absolute atomic E-state index is 0.0906. The molecule has 5 heteroatoms. The van der Waals surface area contributed by atoms with E-state index < -0.39 is 11.6 Å².